The molecule has 1 amide bonds. The molecule has 0 radical (unpaired) electrons. The van der Waals surface area contributed by atoms with Gasteiger partial charge in [0, 0.05) is 44.1 Å². The predicted molar refractivity (Wildman–Crippen MR) is 212 cm³/mol. The van der Waals surface area contributed by atoms with Crippen LogP contribution in [0.25, 0.3) is 0 Å². The molecule has 0 atom stereocenters. The average Bonchev–Trinajstić information content (AvgIpc) is 3.22. The fourth-order valence-electron chi connectivity index (χ4n) is 6.48. The Morgan fingerprint density at radius 1 is 0.818 bits per heavy atom. The summed E-state index contributed by atoms with van der Waals surface area (Å²) in [6.45, 7) is 3.55. The van der Waals surface area contributed by atoms with E-state index in [1.807, 2.05) is 91.9 Å². The number of nitriles is 1. The van der Waals surface area contributed by atoms with Crippen molar-refractivity contribution in [1.82, 2.24) is 4.31 Å². The van der Waals surface area contributed by atoms with Crippen LogP contribution >= 0.6 is 0 Å². The molecule has 1 heterocycles. The fourth-order valence-corrected chi connectivity index (χ4v) is 7.60. The van der Waals surface area contributed by atoms with Gasteiger partial charge in [-0.3, -0.25) is 4.79 Å². The number of benzene rings is 5. The largest absolute Gasteiger partial charge is 0.488 e. The van der Waals surface area contributed by atoms with Crippen LogP contribution in [0.15, 0.2) is 132 Å². The Morgan fingerprint density at radius 2 is 1.44 bits per heavy atom. The number of piperidine rings is 1. The van der Waals surface area contributed by atoms with Crippen LogP contribution in [0.2, 0.25) is 0 Å². The van der Waals surface area contributed by atoms with E-state index < -0.39 is 28.4 Å². The maximum atomic E-state index is 14.3. The highest BCUT2D eigenvalue weighted by Gasteiger charge is 2.30. The molecule has 0 saturated carbocycles. The number of likely N-dealkylation sites (N-methyl/N-ethyl adjacent to an activating group) is 1. The molecule has 1 saturated heterocycles. The van der Waals surface area contributed by atoms with E-state index in [4.69, 9.17) is 9.47 Å². The van der Waals surface area contributed by atoms with Crippen LogP contribution in [0.1, 0.15) is 45.5 Å². The zero-order valence-electron chi connectivity index (χ0n) is 31.0. The summed E-state index contributed by atoms with van der Waals surface area (Å²) >= 11 is 0. The van der Waals surface area contributed by atoms with E-state index in [0.29, 0.717) is 17.8 Å². The first-order chi connectivity index (χ1) is 26.6. The number of nitrogens with zero attached hydrogens (tertiary/aromatic N) is 4. The average molecular weight is 757 g/mol. The number of amides is 1. The normalized spacial score (nSPS) is 13.2. The second-order valence-electron chi connectivity index (χ2n) is 13.7. The Morgan fingerprint density at radius 3 is 2.05 bits per heavy atom. The first-order valence-corrected chi connectivity index (χ1v) is 19.6. The van der Waals surface area contributed by atoms with Crippen molar-refractivity contribution in [2.45, 2.75) is 37.9 Å². The van der Waals surface area contributed by atoms with Gasteiger partial charge >= 0.3 is 5.97 Å². The van der Waals surface area contributed by atoms with Crippen molar-refractivity contribution in [2.24, 2.45) is 5.92 Å². The molecule has 0 N–H and O–H groups in total. The quantitative estimate of drug-likeness (QED) is 0.108. The Balaban J connectivity index is 1.27. The number of sulfonamides is 1. The van der Waals surface area contributed by atoms with Crippen molar-refractivity contribution in [1.29, 1.82) is 5.26 Å². The molecular formula is C44H44N4O6S. The molecule has 1 aliphatic heterocycles. The third-order valence-electron chi connectivity index (χ3n) is 9.75. The Bertz CT molecular complexity index is 2220. The van der Waals surface area contributed by atoms with Crippen LogP contribution < -0.4 is 14.5 Å². The molecule has 282 valence electrons. The van der Waals surface area contributed by atoms with E-state index in [2.05, 4.69) is 11.0 Å². The second-order valence-corrected chi connectivity index (χ2v) is 15.7. The number of esters is 1. The molecule has 6 rings (SSSR count). The fraction of sp³-hybridized carbons (Fsp3) is 0.250. The monoisotopic (exact) mass is 756 g/mol. The summed E-state index contributed by atoms with van der Waals surface area (Å²) in [5.41, 5.74) is 4.97. The number of carbonyl (C=O) groups is 2. The van der Waals surface area contributed by atoms with Gasteiger partial charge in [-0.05, 0) is 85.3 Å². The lowest BCUT2D eigenvalue weighted by molar-refractivity contribution is -0.118. The third-order valence-corrected chi connectivity index (χ3v) is 11.6. The lowest BCUT2D eigenvalue weighted by Gasteiger charge is -2.36. The molecular weight excluding hydrogens is 713 g/mol. The molecule has 0 bridgehead atoms. The molecule has 5 aromatic carbocycles. The smallest absolute Gasteiger partial charge is 0.342 e. The van der Waals surface area contributed by atoms with Gasteiger partial charge in [0.25, 0.3) is 0 Å². The van der Waals surface area contributed by atoms with Crippen molar-refractivity contribution in [3.8, 4) is 11.8 Å². The van der Waals surface area contributed by atoms with E-state index in [0.717, 1.165) is 52.6 Å². The van der Waals surface area contributed by atoms with Crippen molar-refractivity contribution in [2.75, 3.05) is 43.0 Å². The van der Waals surface area contributed by atoms with Gasteiger partial charge in [0.15, 0.2) is 0 Å². The van der Waals surface area contributed by atoms with Gasteiger partial charge in [-0.15, -0.1) is 0 Å². The summed E-state index contributed by atoms with van der Waals surface area (Å²) < 4.78 is 40.1. The van der Waals surface area contributed by atoms with Gasteiger partial charge in [-0.25, -0.2) is 13.2 Å². The molecule has 0 aromatic heterocycles. The van der Waals surface area contributed by atoms with E-state index >= 15 is 0 Å². The summed E-state index contributed by atoms with van der Waals surface area (Å²) in [7, 11) is -2.56. The lowest BCUT2D eigenvalue weighted by atomic mass is 9.95. The number of ether oxygens (including phenoxy) is 2. The number of rotatable bonds is 14. The molecule has 11 heteroatoms. The van der Waals surface area contributed by atoms with Gasteiger partial charge in [0.1, 0.15) is 24.5 Å². The van der Waals surface area contributed by atoms with Gasteiger partial charge < -0.3 is 19.3 Å². The van der Waals surface area contributed by atoms with Gasteiger partial charge in [-0.1, -0.05) is 78.4 Å². The number of hydrogen-bond acceptors (Lipinski definition) is 8. The van der Waals surface area contributed by atoms with Crippen LogP contribution in [0.4, 0.5) is 11.4 Å². The maximum Gasteiger partial charge on any atom is 0.342 e. The molecule has 1 aliphatic rings. The van der Waals surface area contributed by atoms with Gasteiger partial charge in [0.2, 0.25) is 15.9 Å². The summed E-state index contributed by atoms with van der Waals surface area (Å²) in [4.78, 5) is 31.8. The molecule has 0 spiro atoms. The van der Waals surface area contributed by atoms with Crippen LogP contribution in [0.3, 0.4) is 0 Å². The van der Waals surface area contributed by atoms with Crippen molar-refractivity contribution in [3.63, 3.8) is 0 Å². The summed E-state index contributed by atoms with van der Waals surface area (Å²) in [5, 5.41) is 9.21. The minimum atomic E-state index is -3.96. The molecule has 5 aromatic rings. The zero-order chi connectivity index (χ0) is 38.8. The van der Waals surface area contributed by atoms with Crippen molar-refractivity contribution in [3.05, 3.63) is 155 Å². The van der Waals surface area contributed by atoms with Gasteiger partial charge in [0.05, 0.1) is 23.1 Å². The SMILES string of the molecule is Cc1ccc(S(=O)(=O)N(C)CC(=O)N(CC2CCN(c3ccc(C#N)cc3)CC2)c2ccc(C(=O)OCc3ccccc3)c(OCc3ccccc3)c2)cc1. The van der Waals surface area contributed by atoms with Crippen LogP contribution in [0.5, 0.6) is 5.75 Å². The number of hydrogen-bond donors (Lipinski definition) is 0. The first-order valence-electron chi connectivity index (χ1n) is 18.2. The highest BCUT2D eigenvalue weighted by atomic mass is 32.2. The lowest BCUT2D eigenvalue weighted by Crippen LogP contribution is -2.45. The molecule has 55 heavy (non-hydrogen) atoms. The Labute approximate surface area is 323 Å². The highest BCUT2D eigenvalue weighted by Crippen LogP contribution is 2.31. The van der Waals surface area contributed by atoms with Crippen LogP contribution in [-0.2, 0) is 32.8 Å². The van der Waals surface area contributed by atoms with Gasteiger partial charge in [-0.2, -0.15) is 9.57 Å². The Kier molecular flexibility index (Phi) is 12.6. The molecule has 0 aliphatic carbocycles. The minimum absolute atomic E-state index is 0.0765. The summed E-state index contributed by atoms with van der Waals surface area (Å²) in [6, 6.07) is 40.1. The van der Waals surface area contributed by atoms with Crippen molar-refractivity contribution < 1.29 is 27.5 Å². The molecule has 10 nitrogen and oxygen atoms in total. The third kappa shape index (κ3) is 9.97. The van der Waals surface area contributed by atoms with Crippen LogP contribution in [-0.4, -0.2) is 57.8 Å². The number of anilines is 2. The summed E-state index contributed by atoms with van der Waals surface area (Å²) in [6.07, 6.45) is 1.56. The van der Waals surface area contributed by atoms with E-state index in [-0.39, 0.29) is 35.3 Å². The number of carbonyl (C=O) groups excluding carboxylic acids is 2. The predicted octanol–water partition coefficient (Wildman–Crippen LogP) is 7.37. The van der Waals surface area contributed by atoms with E-state index in [1.165, 1.54) is 19.2 Å². The molecule has 0 unspecified atom stereocenters. The highest BCUT2D eigenvalue weighted by molar-refractivity contribution is 7.89. The van der Waals surface area contributed by atoms with E-state index in [9.17, 15) is 23.3 Å². The first kappa shape index (κ1) is 38.8. The maximum absolute atomic E-state index is 14.3. The molecule has 1 fully saturated rings. The number of aryl methyl sites for hydroxylation is 1. The second kappa shape index (κ2) is 17.9. The zero-order valence-corrected chi connectivity index (χ0v) is 31.8. The topological polar surface area (TPSA) is 120 Å². The summed E-state index contributed by atoms with van der Waals surface area (Å²) in [5.74, 6) is -0.646. The van der Waals surface area contributed by atoms with E-state index in [1.54, 1.807) is 35.2 Å². The van der Waals surface area contributed by atoms with Crippen LogP contribution in [0, 0.1) is 24.2 Å². The van der Waals surface area contributed by atoms with Crippen molar-refractivity contribution >= 4 is 33.3 Å². The minimum Gasteiger partial charge on any atom is -0.488 e. The standard InChI is InChI=1S/C44H44N4O6S/c1-33-13-20-40(21-14-33)55(51,52)46(2)30-43(49)48(29-35-23-25-47(26-24-35)38-17-15-34(28-45)16-18-38)39-19-22-41(44(50)54-32-37-11-7-4-8-12-37)42(27-39)53-31-36-9-5-3-6-10-36/h3-22,27,35H,23-26,29-32H2,1-2H3. The Hall–Kier alpha value is -5.96.